The van der Waals surface area contributed by atoms with Crippen LogP contribution in [0.5, 0.6) is 11.5 Å². The summed E-state index contributed by atoms with van der Waals surface area (Å²) in [6.45, 7) is 2.37. The Bertz CT molecular complexity index is 764. The summed E-state index contributed by atoms with van der Waals surface area (Å²) in [5.41, 5.74) is 1.70. The second-order valence-electron chi connectivity index (χ2n) is 5.96. The summed E-state index contributed by atoms with van der Waals surface area (Å²) in [6.07, 6.45) is -0.159. The summed E-state index contributed by atoms with van der Waals surface area (Å²) < 4.78 is 5.46. The molecule has 24 heavy (non-hydrogen) atoms. The van der Waals surface area contributed by atoms with Crippen molar-refractivity contribution in [3.63, 3.8) is 0 Å². The molecule has 6 heteroatoms. The van der Waals surface area contributed by atoms with Gasteiger partial charge in [0.15, 0.2) is 11.5 Å². The Morgan fingerprint density at radius 3 is 2.75 bits per heavy atom. The number of ether oxygens (including phenoxy) is 1. The predicted octanol–water partition coefficient (Wildman–Crippen LogP) is 3.88. The van der Waals surface area contributed by atoms with E-state index in [2.05, 4.69) is 0 Å². The van der Waals surface area contributed by atoms with E-state index < -0.39 is 0 Å². The van der Waals surface area contributed by atoms with Crippen molar-refractivity contribution in [3.05, 3.63) is 58.6 Å². The van der Waals surface area contributed by atoms with Gasteiger partial charge in [-0.2, -0.15) is 0 Å². The number of phenolic OH excluding ortho intramolecular Hbond substituents is 2. The molecule has 1 heterocycles. The number of rotatable bonds is 4. The summed E-state index contributed by atoms with van der Waals surface area (Å²) in [5, 5.41) is 19.6. The number of phenols is 2. The molecule has 0 bridgehead atoms. The van der Waals surface area contributed by atoms with Crippen molar-refractivity contribution in [1.29, 1.82) is 0 Å². The summed E-state index contributed by atoms with van der Waals surface area (Å²) in [7, 11) is 0. The number of nitrogens with zero attached hydrogens (tertiary/aromatic N) is 1. The van der Waals surface area contributed by atoms with Crippen LogP contribution in [0.1, 0.15) is 24.2 Å². The minimum Gasteiger partial charge on any atom is -0.504 e. The lowest BCUT2D eigenvalue weighted by molar-refractivity contribution is 0.129. The zero-order chi connectivity index (χ0) is 17.3. The first-order valence-electron chi connectivity index (χ1n) is 7.67. The van der Waals surface area contributed by atoms with Crippen LogP contribution in [0, 0.1) is 0 Å². The number of hydrogen-bond donors (Lipinski definition) is 2. The van der Waals surface area contributed by atoms with E-state index in [0.29, 0.717) is 18.0 Å². The first-order chi connectivity index (χ1) is 11.4. The van der Waals surface area contributed by atoms with Gasteiger partial charge in [-0.3, -0.25) is 0 Å². The van der Waals surface area contributed by atoms with Gasteiger partial charge in [-0.25, -0.2) is 4.79 Å². The number of benzene rings is 2. The van der Waals surface area contributed by atoms with E-state index in [4.69, 9.17) is 16.3 Å². The molecule has 0 spiro atoms. The summed E-state index contributed by atoms with van der Waals surface area (Å²) in [5.74, 6) is -0.325. The predicted molar refractivity (Wildman–Crippen MR) is 90.3 cm³/mol. The number of carbonyl (C=O) groups is 1. The van der Waals surface area contributed by atoms with Crippen molar-refractivity contribution in [1.82, 2.24) is 4.90 Å². The highest BCUT2D eigenvalue weighted by atomic mass is 35.5. The Balaban J connectivity index is 1.70. The zero-order valence-corrected chi connectivity index (χ0v) is 13.9. The van der Waals surface area contributed by atoms with Gasteiger partial charge in [0.05, 0.1) is 6.54 Å². The van der Waals surface area contributed by atoms with Crippen LogP contribution in [0.25, 0.3) is 0 Å². The fourth-order valence-electron chi connectivity index (χ4n) is 2.87. The quantitative estimate of drug-likeness (QED) is 0.823. The maximum atomic E-state index is 12.2. The van der Waals surface area contributed by atoms with Crippen molar-refractivity contribution in [3.8, 4) is 11.5 Å². The highest BCUT2D eigenvalue weighted by molar-refractivity contribution is 6.30. The van der Waals surface area contributed by atoms with Gasteiger partial charge in [-0.05, 0) is 48.7 Å². The molecule has 5 nitrogen and oxygen atoms in total. The third-order valence-electron chi connectivity index (χ3n) is 4.16. The topological polar surface area (TPSA) is 70.0 Å². The van der Waals surface area contributed by atoms with E-state index in [1.54, 1.807) is 23.1 Å². The highest BCUT2D eigenvalue weighted by Crippen LogP contribution is 2.30. The fourth-order valence-corrected chi connectivity index (χ4v) is 3.07. The Kier molecular flexibility index (Phi) is 4.53. The zero-order valence-electron chi connectivity index (χ0n) is 13.1. The van der Waals surface area contributed by atoms with Crippen LogP contribution in [0.2, 0.25) is 5.02 Å². The SMILES string of the molecule is CC(Cc1ccc(O)c(O)c1)N1C[C@@H](c2cccc(Cl)c2)OC1=O. The lowest BCUT2D eigenvalue weighted by Gasteiger charge is -2.22. The van der Waals surface area contributed by atoms with Crippen LogP contribution in [0.15, 0.2) is 42.5 Å². The van der Waals surface area contributed by atoms with Crippen molar-refractivity contribution < 1.29 is 19.7 Å². The van der Waals surface area contributed by atoms with Gasteiger partial charge in [0.1, 0.15) is 6.10 Å². The second-order valence-corrected chi connectivity index (χ2v) is 6.39. The van der Waals surface area contributed by atoms with E-state index in [1.807, 2.05) is 19.1 Å². The molecule has 126 valence electrons. The molecule has 0 aliphatic carbocycles. The van der Waals surface area contributed by atoms with Crippen LogP contribution < -0.4 is 0 Å². The Morgan fingerprint density at radius 2 is 2.04 bits per heavy atom. The number of aromatic hydroxyl groups is 2. The maximum absolute atomic E-state index is 12.2. The molecular weight excluding hydrogens is 330 g/mol. The summed E-state index contributed by atoms with van der Waals surface area (Å²) in [6, 6.07) is 11.8. The molecule has 0 aromatic heterocycles. The molecule has 1 fully saturated rings. The van der Waals surface area contributed by atoms with Gasteiger partial charge in [-0.15, -0.1) is 0 Å². The first-order valence-corrected chi connectivity index (χ1v) is 8.05. The van der Waals surface area contributed by atoms with Crippen molar-refractivity contribution in [2.75, 3.05) is 6.54 Å². The Labute approximate surface area is 145 Å². The largest absolute Gasteiger partial charge is 0.504 e. The van der Waals surface area contributed by atoms with Gasteiger partial charge in [0.2, 0.25) is 0 Å². The van der Waals surface area contributed by atoms with Crippen molar-refractivity contribution >= 4 is 17.7 Å². The lowest BCUT2D eigenvalue weighted by atomic mass is 10.0. The molecule has 1 aliphatic heterocycles. The van der Waals surface area contributed by atoms with Crippen LogP contribution in [-0.4, -0.2) is 33.8 Å². The monoisotopic (exact) mass is 347 g/mol. The average Bonchev–Trinajstić information content (AvgIpc) is 2.93. The first kappa shape index (κ1) is 16.5. The molecule has 1 aliphatic rings. The van der Waals surface area contributed by atoms with Crippen molar-refractivity contribution in [2.45, 2.75) is 25.5 Å². The number of carbonyl (C=O) groups excluding carboxylic acids is 1. The summed E-state index contributed by atoms with van der Waals surface area (Å²) >= 11 is 6.00. The second kappa shape index (κ2) is 6.61. The third kappa shape index (κ3) is 3.41. The van der Waals surface area contributed by atoms with Gasteiger partial charge in [-0.1, -0.05) is 29.8 Å². The summed E-state index contributed by atoms with van der Waals surface area (Å²) in [4.78, 5) is 13.8. The average molecular weight is 348 g/mol. The van der Waals surface area contributed by atoms with Gasteiger partial charge < -0.3 is 19.8 Å². The van der Waals surface area contributed by atoms with E-state index in [-0.39, 0.29) is 29.7 Å². The van der Waals surface area contributed by atoms with Crippen LogP contribution in [-0.2, 0) is 11.2 Å². The van der Waals surface area contributed by atoms with Crippen LogP contribution >= 0.6 is 11.6 Å². The van der Waals surface area contributed by atoms with Gasteiger partial charge >= 0.3 is 6.09 Å². The van der Waals surface area contributed by atoms with Crippen molar-refractivity contribution in [2.24, 2.45) is 0 Å². The molecule has 1 amide bonds. The van der Waals surface area contributed by atoms with Crippen LogP contribution in [0.4, 0.5) is 4.79 Å². The molecule has 2 N–H and O–H groups in total. The van der Waals surface area contributed by atoms with Crippen LogP contribution in [0.3, 0.4) is 0 Å². The molecule has 1 saturated heterocycles. The molecule has 3 rings (SSSR count). The number of hydrogen-bond acceptors (Lipinski definition) is 4. The molecular formula is C18H18ClNO4. The number of amides is 1. The smallest absolute Gasteiger partial charge is 0.410 e. The Morgan fingerprint density at radius 1 is 1.25 bits per heavy atom. The maximum Gasteiger partial charge on any atom is 0.410 e. The number of cyclic esters (lactones) is 1. The van der Waals surface area contributed by atoms with E-state index >= 15 is 0 Å². The van der Waals surface area contributed by atoms with E-state index in [9.17, 15) is 15.0 Å². The highest BCUT2D eigenvalue weighted by Gasteiger charge is 2.35. The third-order valence-corrected chi connectivity index (χ3v) is 4.40. The standard InChI is InChI=1S/C18H18ClNO4/c1-11(7-12-5-6-15(21)16(22)8-12)20-10-17(24-18(20)23)13-3-2-4-14(19)9-13/h2-6,8-9,11,17,21-22H,7,10H2,1H3/t11?,17-/m0/s1. The normalized spacial score (nSPS) is 18.5. The van der Waals surface area contributed by atoms with E-state index in [1.165, 1.54) is 12.1 Å². The van der Waals surface area contributed by atoms with Gasteiger partial charge in [0, 0.05) is 11.1 Å². The fraction of sp³-hybridized carbons (Fsp3) is 0.278. The lowest BCUT2D eigenvalue weighted by Crippen LogP contribution is -2.35. The minimum absolute atomic E-state index is 0.106. The van der Waals surface area contributed by atoms with Gasteiger partial charge in [0.25, 0.3) is 0 Å². The molecule has 1 unspecified atom stereocenters. The molecule has 0 radical (unpaired) electrons. The minimum atomic E-state index is -0.365. The molecule has 2 atom stereocenters. The van der Waals surface area contributed by atoms with E-state index in [0.717, 1.165) is 11.1 Å². The Hall–Kier alpha value is -2.40. The number of halogens is 1. The molecule has 0 saturated carbocycles. The molecule has 2 aromatic rings. The molecule has 2 aromatic carbocycles.